The summed E-state index contributed by atoms with van der Waals surface area (Å²) < 4.78 is 0. The van der Waals surface area contributed by atoms with E-state index in [4.69, 9.17) is 0 Å². The first kappa shape index (κ1) is 8.01. The Labute approximate surface area is 75.1 Å². The van der Waals surface area contributed by atoms with Gasteiger partial charge in [0.25, 0.3) is 0 Å². The molecule has 0 spiro atoms. The number of hydrogen-bond acceptors (Lipinski definition) is 0. The van der Waals surface area contributed by atoms with Crippen molar-refractivity contribution in [2.45, 2.75) is 12.6 Å². The van der Waals surface area contributed by atoms with Crippen molar-refractivity contribution in [1.82, 2.24) is 0 Å². The van der Waals surface area contributed by atoms with Crippen LogP contribution in [0, 0.1) is 0 Å². The summed E-state index contributed by atoms with van der Waals surface area (Å²) in [6.45, 7) is 2.32. The average molecular weight is 176 g/mol. The smallest absolute Gasteiger partial charge is 0.00149 e. The molecule has 12 heavy (non-hydrogen) atoms. The van der Waals surface area contributed by atoms with Crippen molar-refractivity contribution in [2.75, 3.05) is 6.16 Å². The van der Waals surface area contributed by atoms with Gasteiger partial charge < -0.3 is 0 Å². The van der Waals surface area contributed by atoms with Gasteiger partial charge >= 0.3 is 0 Å². The van der Waals surface area contributed by atoms with Crippen molar-refractivity contribution < 1.29 is 0 Å². The SMILES string of the molecule is C[C@@H]1C=CC[P@]1c1ccccc1. The third-order valence-electron chi connectivity index (χ3n) is 2.30. The maximum Gasteiger partial charge on any atom is -0.00149 e. The highest BCUT2D eigenvalue weighted by Gasteiger charge is 2.18. The predicted molar refractivity (Wildman–Crippen MR) is 56.5 cm³/mol. The highest BCUT2D eigenvalue weighted by Crippen LogP contribution is 2.44. The van der Waals surface area contributed by atoms with Crippen molar-refractivity contribution in [1.29, 1.82) is 0 Å². The number of benzene rings is 1. The fourth-order valence-corrected chi connectivity index (χ4v) is 3.85. The molecule has 1 heterocycles. The molecular formula is C11H13P. The van der Waals surface area contributed by atoms with E-state index >= 15 is 0 Å². The van der Waals surface area contributed by atoms with Gasteiger partial charge in [0.1, 0.15) is 0 Å². The van der Waals surface area contributed by atoms with E-state index in [1.807, 2.05) is 0 Å². The molecule has 0 aromatic heterocycles. The largest absolute Gasteiger partial charge is 0.0833 e. The van der Waals surface area contributed by atoms with E-state index in [-0.39, 0.29) is 7.92 Å². The van der Waals surface area contributed by atoms with Gasteiger partial charge in [-0.25, -0.2) is 0 Å². The Balaban J connectivity index is 2.22. The molecule has 1 aliphatic rings. The summed E-state index contributed by atoms with van der Waals surface area (Å²) in [6.07, 6.45) is 5.95. The summed E-state index contributed by atoms with van der Waals surface area (Å²) in [7, 11) is 0.0874. The van der Waals surface area contributed by atoms with Crippen LogP contribution in [0.4, 0.5) is 0 Å². The Hall–Kier alpha value is -0.610. The van der Waals surface area contributed by atoms with Gasteiger partial charge in [-0.1, -0.05) is 57.3 Å². The number of hydrogen-bond donors (Lipinski definition) is 0. The molecule has 0 nitrogen and oxygen atoms in total. The molecule has 0 N–H and O–H groups in total. The summed E-state index contributed by atoms with van der Waals surface area (Å²) in [6, 6.07) is 10.9. The molecule has 1 aromatic carbocycles. The quantitative estimate of drug-likeness (QED) is 0.456. The second-order valence-electron chi connectivity index (χ2n) is 3.16. The minimum absolute atomic E-state index is 0.0874. The Morgan fingerprint density at radius 2 is 2.00 bits per heavy atom. The highest BCUT2D eigenvalue weighted by molar-refractivity contribution is 7.67. The normalized spacial score (nSPS) is 27.8. The van der Waals surface area contributed by atoms with Gasteiger partial charge in [0, 0.05) is 0 Å². The number of allylic oxidation sites excluding steroid dienone is 2. The molecule has 0 amide bonds. The van der Waals surface area contributed by atoms with Crippen molar-refractivity contribution in [3.8, 4) is 0 Å². The summed E-state index contributed by atoms with van der Waals surface area (Å²) in [5.41, 5.74) is 0.780. The van der Waals surface area contributed by atoms with Crippen molar-refractivity contribution in [2.24, 2.45) is 0 Å². The third-order valence-corrected chi connectivity index (χ3v) is 5.02. The van der Waals surface area contributed by atoms with Crippen LogP contribution < -0.4 is 5.30 Å². The summed E-state index contributed by atoms with van der Waals surface area (Å²) in [5.74, 6) is 0. The maximum atomic E-state index is 2.35. The van der Waals surface area contributed by atoms with E-state index in [9.17, 15) is 0 Å². The second-order valence-corrected chi connectivity index (χ2v) is 5.79. The Morgan fingerprint density at radius 3 is 2.58 bits per heavy atom. The maximum absolute atomic E-state index is 2.35. The lowest BCUT2D eigenvalue weighted by Gasteiger charge is -2.15. The van der Waals surface area contributed by atoms with E-state index < -0.39 is 0 Å². The zero-order valence-corrected chi connectivity index (χ0v) is 8.17. The van der Waals surface area contributed by atoms with Crippen LogP contribution in [0.2, 0.25) is 0 Å². The molecule has 0 radical (unpaired) electrons. The molecule has 1 heteroatoms. The average Bonchev–Trinajstić information content (AvgIpc) is 2.53. The van der Waals surface area contributed by atoms with E-state index in [0.717, 1.165) is 5.66 Å². The molecule has 2 atom stereocenters. The van der Waals surface area contributed by atoms with Gasteiger partial charge in [-0.3, -0.25) is 0 Å². The minimum Gasteiger partial charge on any atom is -0.0833 e. The zero-order valence-electron chi connectivity index (χ0n) is 7.27. The van der Waals surface area contributed by atoms with E-state index in [2.05, 4.69) is 49.4 Å². The van der Waals surface area contributed by atoms with Gasteiger partial charge in [-0.15, -0.1) is 0 Å². The molecule has 62 valence electrons. The first-order chi connectivity index (χ1) is 5.88. The predicted octanol–water partition coefficient (Wildman–Crippen LogP) is 2.75. The fraction of sp³-hybridized carbons (Fsp3) is 0.273. The van der Waals surface area contributed by atoms with Crippen LogP contribution >= 0.6 is 7.92 Å². The monoisotopic (exact) mass is 176 g/mol. The van der Waals surface area contributed by atoms with Crippen LogP contribution in [-0.4, -0.2) is 11.8 Å². The molecular weight excluding hydrogens is 163 g/mol. The lowest BCUT2D eigenvalue weighted by Crippen LogP contribution is -2.06. The van der Waals surface area contributed by atoms with Gasteiger partial charge in [-0.2, -0.15) is 0 Å². The van der Waals surface area contributed by atoms with Gasteiger partial charge in [0.15, 0.2) is 0 Å². The standard InChI is InChI=1S/C11H13P/c1-10-6-5-9-12(10)11-7-3-2-4-8-11/h2-8,10H,9H2,1H3/t10-,12+/m1/s1. The molecule has 0 fully saturated rings. The van der Waals surface area contributed by atoms with Crippen LogP contribution in [0.15, 0.2) is 42.5 Å². The molecule has 0 saturated heterocycles. The molecule has 1 aliphatic heterocycles. The van der Waals surface area contributed by atoms with Gasteiger partial charge in [-0.05, 0) is 17.1 Å². The topological polar surface area (TPSA) is 0 Å². The first-order valence-corrected chi connectivity index (χ1v) is 5.96. The van der Waals surface area contributed by atoms with E-state index in [1.165, 1.54) is 6.16 Å². The van der Waals surface area contributed by atoms with Crippen LogP contribution in [0.25, 0.3) is 0 Å². The second kappa shape index (κ2) is 3.41. The molecule has 0 bridgehead atoms. The number of rotatable bonds is 1. The van der Waals surface area contributed by atoms with Crippen LogP contribution in [0.1, 0.15) is 6.92 Å². The lowest BCUT2D eigenvalue weighted by molar-refractivity contribution is 1.25. The van der Waals surface area contributed by atoms with Crippen molar-refractivity contribution >= 4 is 13.2 Å². The van der Waals surface area contributed by atoms with Gasteiger partial charge in [0.2, 0.25) is 0 Å². The molecule has 0 saturated carbocycles. The third kappa shape index (κ3) is 1.44. The molecule has 2 rings (SSSR count). The molecule has 0 aliphatic carbocycles. The summed E-state index contributed by atoms with van der Waals surface area (Å²) in [4.78, 5) is 0. The van der Waals surface area contributed by atoms with Crippen LogP contribution in [0.5, 0.6) is 0 Å². The molecule has 0 unspecified atom stereocenters. The summed E-state index contributed by atoms with van der Waals surface area (Å²) in [5, 5.41) is 1.55. The highest BCUT2D eigenvalue weighted by atomic mass is 31.1. The fourth-order valence-electron chi connectivity index (χ4n) is 1.60. The Kier molecular flexibility index (Phi) is 2.28. The lowest BCUT2D eigenvalue weighted by atomic mass is 10.4. The first-order valence-electron chi connectivity index (χ1n) is 4.36. The Morgan fingerprint density at radius 1 is 1.25 bits per heavy atom. The van der Waals surface area contributed by atoms with E-state index in [1.54, 1.807) is 5.30 Å². The van der Waals surface area contributed by atoms with Crippen LogP contribution in [0.3, 0.4) is 0 Å². The minimum atomic E-state index is 0.0874. The summed E-state index contributed by atoms with van der Waals surface area (Å²) >= 11 is 0. The van der Waals surface area contributed by atoms with Crippen LogP contribution in [-0.2, 0) is 0 Å². The van der Waals surface area contributed by atoms with E-state index in [0.29, 0.717) is 0 Å². The molecule has 1 aromatic rings. The van der Waals surface area contributed by atoms with Gasteiger partial charge in [0.05, 0.1) is 0 Å². The Bertz CT molecular complexity index is 276. The van der Waals surface area contributed by atoms with Crippen molar-refractivity contribution in [3.05, 3.63) is 42.5 Å². The van der Waals surface area contributed by atoms with Crippen molar-refractivity contribution in [3.63, 3.8) is 0 Å². The zero-order chi connectivity index (χ0) is 8.39.